The third-order valence-electron chi connectivity index (χ3n) is 3.89. The average Bonchev–Trinajstić information content (AvgIpc) is 3.19. The minimum Gasteiger partial charge on any atom is -0.367 e. The number of aromatic nitrogens is 2. The summed E-state index contributed by atoms with van der Waals surface area (Å²) in [5.74, 6) is 0.871. The van der Waals surface area contributed by atoms with Crippen molar-refractivity contribution in [3.8, 4) is 0 Å². The zero-order valence-corrected chi connectivity index (χ0v) is 10.6. The fourth-order valence-corrected chi connectivity index (χ4v) is 2.27. The highest BCUT2D eigenvalue weighted by atomic mass is 15.2. The van der Waals surface area contributed by atoms with Crippen LogP contribution in [0.25, 0.3) is 10.8 Å². The molecule has 1 aliphatic rings. The van der Waals surface area contributed by atoms with E-state index in [9.17, 15) is 0 Å². The Balaban J connectivity index is 1.90. The number of hydrogen-bond donors (Lipinski definition) is 2. The van der Waals surface area contributed by atoms with Crippen LogP contribution in [0.2, 0.25) is 0 Å². The van der Waals surface area contributed by atoms with Crippen LogP contribution < -0.4 is 11.1 Å². The molecule has 94 valence electrons. The van der Waals surface area contributed by atoms with Gasteiger partial charge in [0, 0.05) is 17.3 Å². The zero-order valence-electron chi connectivity index (χ0n) is 10.6. The van der Waals surface area contributed by atoms with Gasteiger partial charge in [0.25, 0.3) is 0 Å². The smallest absolute Gasteiger partial charge is 0.156 e. The number of rotatable bonds is 4. The van der Waals surface area contributed by atoms with Gasteiger partial charge in [0.05, 0.1) is 5.69 Å². The molecule has 1 saturated carbocycles. The Morgan fingerprint density at radius 2 is 1.94 bits per heavy atom. The molecule has 3 rings (SSSR count). The standard InChI is InChI=1S/C14H18N4/c1-10-11-4-2-3-5-12(11)13(18-17-10)16-9-14(8-15)6-7-14/h2-5H,6-9,15H2,1H3,(H,16,18). The van der Waals surface area contributed by atoms with Crippen LogP contribution in [0.15, 0.2) is 24.3 Å². The van der Waals surface area contributed by atoms with E-state index < -0.39 is 0 Å². The van der Waals surface area contributed by atoms with Gasteiger partial charge in [-0.25, -0.2) is 0 Å². The second-order valence-electron chi connectivity index (χ2n) is 5.24. The van der Waals surface area contributed by atoms with Crippen molar-refractivity contribution in [3.63, 3.8) is 0 Å². The number of fused-ring (bicyclic) bond motifs is 1. The molecule has 1 aromatic heterocycles. The van der Waals surface area contributed by atoms with Gasteiger partial charge < -0.3 is 11.1 Å². The summed E-state index contributed by atoms with van der Waals surface area (Å²) >= 11 is 0. The van der Waals surface area contributed by atoms with Crippen LogP contribution in [0.3, 0.4) is 0 Å². The molecule has 0 atom stereocenters. The average molecular weight is 242 g/mol. The topological polar surface area (TPSA) is 63.8 Å². The lowest BCUT2D eigenvalue weighted by Gasteiger charge is -2.15. The van der Waals surface area contributed by atoms with Crippen molar-refractivity contribution in [1.82, 2.24) is 10.2 Å². The maximum Gasteiger partial charge on any atom is 0.156 e. The van der Waals surface area contributed by atoms with Crippen LogP contribution in [-0.2, 0) is 0 Å². The van der Waals surface area contributed by atoms with Crippen LogP contribution in [0, 0.1) is 12.3 Å². The van der Waals surface area contributed by atoms with E-state index in [2.05, 4.69) is 27.6 Å². The van der Waals surface area contributed by atoms with E-state index in [1.807, 2.05) is 19.1 Å². The molecule has 1 aliphatic carbocycles. The zero-order chi connectivity index (χ0) is 12.6. The summed E-state index contributed by atoms with van der Waals surface area (Å²) < 4.78 is 0. The molecule has 4 nitrogen and oxygen atoms in total. The predicted octanol–water partition coefficient (Wildman–Crippen LogP) is 2.09. The largest absolute Gasteiger partial charge is 0.367 e. The number of benzene rings is 1. The number of hydrogen-bond acceptors (Lipinski definition) is 4. The molecule has 2 aromatic rings. The van der Waals surface area contributed by atoms with Crippen molar-refractivity contribution >= 4 is 16.6 Å². The second-order valence-corrected chi connectivity index (χ2v) is 5.24. The number of nitrogens with two attached hydrogens (primary N) is 1. The molecule has 18 heavy (non-hydrogen) atoms. The van der Waals surface area contributed by atoms with Crippen molar-refractivity contribution in [3.05, 3.63) is 30.0 Å². The molecular formula is C14H18N4. The quantitative estimate of drug-likeness (QED) is 0.861. The molecule has 1 fully saturated rings. The fraction of sp³-hybridized carbons (Fsp3) is 0.429. The van der Waals surface area contributed by atoms with E-state index in [1.54, 1.807) is 0 Å². The Hall–Kier alpha value is -1.68. The van der Waals surface area contributed by atoms with Gasteiger partial charge in [0.2, 0.25) is 0 Å². The maximum atomic E-state index is 5.79. The van der Waals surface area contributed by atoms with E-state index in [4.69, 9.17) is 5.73 Å². The first-order valence-electron chi connectivity index (χ1n) is 6.40. The van der Waals surface area contributed by atoms with Gasteiger partial charge in [-0.05, 0) is 31.7 Å². The van der Waals surface area contributed by atoms with Crippen molar-refractivity contribution in [2.45, 2.75) is 19.8 Å². The Bertz CT molecular complexity index is 575. The number of nitrogens with one attached hydrogen (secondary N) is 1. The molecule has 0 spiro atoms. The summed E-state index contributed by atoms with van der Waals surface area (Å²) in [6.45, 7) is 3.63. The first-order chi connectivity index (χ1) is 8.74. The Morgan fingerprint density at radius 3 is 2.61 bits per heavy atom. The monoisotopic (exact) mass is 242 g/mol. The molecule has 0 aliphatic heterocycles. The van der Waals surface area contributed by atoms with Gasteiger partial charge in [-0.15, -0.1) is 5.10 Å². The Morgan fingerprint density at radius 1 is 1.22 bits per heavy atom. The van der Waals surface area contributed by atoms with E-state index in [0.717, 1.165) is 35.4 Å². The predicted molar refractivity (Wildman–Crippen MR) is 73.5 cm³/mol. The highest BCUT2D eigenvalue weighted by Crippen LogP contribution is 2.44. The van der Waals surface area contributed by atoms with Crippen LogP contribution in [0.5, 0.6) is 0 Å². The van der Waals surface area contributed by atoms with E-state index in [1.165, 1.54) is 12.8 Å². The third kappa shape index (κ3) is 1.93. The summed E-state index contributed by atoms with van der Waals surface area (Å²) in [6.07, 6.45) is 2.43. The summed E-state index contributed by atoms with van der Waals surface area (Å²) in [7, 11) is 0. The molecule has 0 amide bonds. The van der Waals surface area contributed by atoms with Crippen LogP contribution in [0.1, 0.15) is 18.5 Å². The number of nitrogens with zero attached hydrogens (tertiary/aromatic N) is 2. The lowest BCUT2D eigenvalue weighted by molar-refractivity contribution is 0.555. The van der Waals surface area contributed by atoms with Gasteiger partial charge in [0.1, 0.15) is 0 Å². The van der Waals surface area contributed by atoms with E-state index in [0.29, 0.717) is 5.41 Å². The molecule has 0 radical (unpaired) electrons. The second kappa shape index (κ2) is 4.21. The lowest BCUT2D eigenvalue weighted by atomic mass is 10.1. The van der Waals surface area contributed by atoms with Crippen LogP contribution in [-0.4, -0.2) is 23.3 Å². The van der Waals surface area contributed by atoms with Crippen LogP contribution >= 0.6 is 0 Å². The SMILES string of the molecule is Cc1nnc(NCC2(CN)CC2)c2ccccc12. The molecule has 0 unspecified atom stereocenters. The van der Waals surface area contributed by atoms with Crippen LogP contribution in [0.4, 0.5) is 5.82 Å². The van der Waals surface area contributed by atoms with Crippen molar-refractivity contribution in [2.75, 3.05) is 18.4 Å². The van der Waals surface area contributed by atoms with Gasteiger partial charge in [-0.2, -0.15) is 5.10 Å². The van der Waals surface area contributed by atoms with Crippen molar-refractivity contribution in [1.29, 1.82) is 0 Å². The lowest BCUT2D eigenvalue weighted by Crippen LogP contribution is -2.24. The minimum atomic E-state index is 0.299. The molecule has 3 N–H and O–H groups in total. The molecule has 1 aromatic carbocycles. The van der Waals surface area contributed by atoms with Crippen molar-refractivity contribution in [2.24, 2.45) is 11.1 Å². The summed E-state index contributed by atoms with van der Waals surface area (Å²) in [5.41, 5.74) is 7.06. The first-order valence-corrected chi connectivity index (χ1v) is 6.40. The third-order valence-corrected chi connectivity index (χ3v) is 3.89. The highest BCUT2D eigenvalue weighted by molar-refractivity contribution is 5.92. The summed E-state index contributed by atoms with van der Waals surface area (Å²) in [5, 5.41) is 14.2. The fourth-order valence-electron chi connectivity index (χ4n) is 2.27. The molecular weight excluding hydrogens is 224 g/mol. The normalized spacial score (nSPS) is 16.8. The molecule has 0 bridgehead atoms. The number of aryl methyl sites for hydroxylation is 1. The van der Waals surface area contributed by atoms with Gasteiger partial charge >= 0.3 is 0 Å². The highest BCUT2D eigenvalue weighted by Gasteiger charge is 2.40. The van der Waals surface area contributed by atoms with Gasteiger partial charge in [-0.1, -0.05) is 24.3 Å². The number of anilines is 1. The van der Waals surface area contributed by atoms with Gasteiger partial charge in [0.15, 0.2) is 5.82 Å². The van der Waals surface area contributed by atoms with Crippen molar-refractivity contribution < 1.29 is 0 Å². The first kappa shape index (κ1) is 11.4. The molecule has 0 saturated heterocycles. The summed E-state index contributed by atoms with van der Waals surface area (Å²) in [4.78, 5) is 0. The maximum absolute atomic E-state index is 5.79. The van der Waals surface area contributed by atoms with E-state index in [-0.39, 0.29) is 0 Å². The minimum absolute atomic E-state index is 0.299. The summed E-state index contributed by atoms with van der Waals surface area (Å²) in [6, 6.07) is 8.23. The Labute approximate surface area is 107 Å². The molecule has 4 heteroatoms. The van der Waals surface area contributed by atoms with Gasteiger partial charge in [-0.3, -0.25) is 0 Å². The molecule has 1 heterocycles. The Kier molecular flexibility index (Phi) is 2.67. The van der Waals surface area contributed by atoms with E-state index >= 15 is 0 Å².